The summed E-state index contributed by atoms with van der Waals surface area (Å²) >= 11 is 0. The van der Waals surface area contributed by atoms with Crippen molar-refractivity contribution in [1.82, 2.24) is 4.98 Å². The van der Waals surface area contributed by atoms with E-state index in [0.717, 1.165) is 27.9 Å². The van der Waals surface area contributed by atoms with Crippen molar-refractivity contribution in [3.63, 3.8) is 0 Å². The molecule has 169 valence electrons. The SMILES string of the molecule is C=Cc1ccc(CCC(=O)/C=C(/C)O)cc1.[Ir].[c-]1ccccc1-c1ccc2ccccc2n1. The molecule has 1 heterocycles. The van der Waals surface area contributed by atoms with Crippen LogP contribution in [-0.2, 0) is 31.3 Å². The summed E-state index contributed by atoms with van der Waals surface area (Å²) < 4.78 is 0. The molecule has 0 fully saturated rings. The van der Waals surface area contributed by atoms with Gasteiger partial charge in [0.25, 0.3) is 0 Å². The van der Waals surface area contributed by atoms with Crippen molar-refractivity contribution < 1.29 is 30.0 Å². The van der Waals surface area contributed by atoms with Gasteiger partial charge in [-0.05, 0) is 41.6 Å². The Labute approximate surface area is 208 Å². The fraction of sp³-hybridized carbons (Fsp3) is 0.103. The summed E-state index contributed by atoms with van der Waals surface area (Å²) in [7, 11) is 0. The van der Waals surface area contributed by atoms with E-state index >= 15 is 0 Å². The van der Waals surface area contributed by atoms with Crippen LogP contribution in [0.4, 0.5) is 0 Å². The Morgan fingerprint density at radius 1 is 1.00 bits per heavy atom. The van der Waals surface area contributed by atoms with E-state index in [1.54, 1.807) is 6.08 Å². The van der Waals surface area contributed by atoms with Crippen LogP contribution in [0.1, 0.15) is 24.5 Å². The molecule has 1 radical (unpaired) electrons. The number of benzene rings is 3. The molecule has 0 saturated carbocycles. The van der Waals surface area contributed by atoms with E-state index in [0.29, 0.717) is 12.8 Å². The molecule has 3 aromatic carbocycles. The van der Waals surface area contributed by atoms with Crippen molar-refractivity contribution in [3.05, 3.63) is 121 Å². The van der Waals surface area contributed by atoms with Crippen LogP contribution >= 0.6 is 0 Å². The number of rotatable bonds is 6. The summed E-state index contributed by atoms with van der Waals surface area (Å²) in [5.74, 6) is 0.0137. The fourth-order valence-corrected chi connectivity index (χ4v) is 3.16. The molecule has 0 aliphatic rings. The zero-order valence-electron chi connectivity index (χ0n) is 18.5. The molecular weight excluding hydrogens is 587 g/mol. The van der Waals surface area contributed by atoms with Crippen LogP contribution in [0.5, 0.6) is 0 Å². The number of hydrogen-bond donors (Lipinski definition) is 1. The number of pyridine rings is 1. The molecule has 33 heavy (non-hydrogen) atoms. The first kappa shape index (κ1) is 25.9. The van der Waals surface area contributed by atoms with Gasteiger partial charge in [0.15, 0.2) is 5.78 Å². The van der Waals surface area contributed by atoms with Crippen molar-refractivity contribution in [3.8, 4) is 11.3 Å². The first-order chi connectivity index (χ1) is 15.5. The summed E-state index contributed by atoms with van der Waals surface area (Å²) in [6.45, 7) is 5.17. The molecular formula is C29H26IrNO2-. The maximum atomic E-state index is 11.3. The van der Waals surface area contributed by atoms with Gasteiger partial charge in [0.2, 0.25) is 0 Å². The van der Waals surface area contributed by atoms with Crippen LogP contribution < -0.4 is 0 Å². The van der Waals surface area contributed by atoms with E-state index in [1.807, 2.05) is 72.8 Å². The van der Waals surface area contributed by atoms with Gasteiger partial charge in [0.1, 0.15) is 0 Å². The Hall–Kier alpha value is -3.33. The van der Waals surface area contributed by atoms with Gasteiger partial charge in [0.05, 0.1) is 11.3 Å². The Morgan fingerprint density at radius 3 is 2.39 bits per heavy atom. The number of ketones is 1. The number of hydrogen-bond acceptors (Lipinski definition) is 3. The van der Waals surface area contributed by atoms with Crippen LogP contribution in [0.25, 0.3) is 28.2 Å². The van der Waals surface area contributed by atoms with E-state index in [1.165, 1.54) is 18.4 Å². The van der Waals surface area contributed by atoms with Crippen molar-refractivity contribution in [2.75, 3.05) is 0 Å². The van der Waals surface area contributed by atoms with Gasteiger partial charge in [-0.2, -0.15) is 0 Å². The standard InChI is InChI=1S/C15H10N.C14H16O2.Ir/c1-2-6-12(7-3-1)15-11-10-13-8-4-5-9-14(13)16-15;1-3-12-4-6-13(7-5-12)8-9-14(16)10-11(2)15;/h1-6,8-11H;3-7,10,15H,1,8-9H2,2H3;/q-1;;/b;11-10-;. The monoisotopic (exact) mass is 613 g/mol. The van der Waals surface area contributed by atoms with Gasteiger partial charge >= 0.3 is 0 Å². The molecule has 0 saturated heterocycles. The van der Waals surface area contributed by atoms with Gasteiger partial charge in [-0.15, -0.1) is 35.9 Å². The number of fused-ring (bicyclic) bond motifs is 1. The second-order valence-corrected chi connectivity index (χ2v) is 7.36. The summed E-state index contributed by atoms with van der Waals surface area (Å²) in [6, 6.07) is 31.3. The molecule has 0 atom stereocenters. The molecule has 4 rings (SSSR count). The Kier molecular flexibility index (Phi) is 10.4. The van der Waals surface area contributed by atoms with E-state index in [9.17, 15) is 4.79 Å². The molecule has 1 N–H and O–H groups in total. The predicted molar refractivity (Wildman–Crippen MR) is 132 cm³/mol. The minimum Gasteiger partial charge on any atom is -0.512 e. The van der Waals surface area contributed by atoms with Crippen LogP contribution in [-0.4, -0.2) is 15.9 Å². The molecule has 0 aliphatic carbocycles. The van der Waals surface area contributed by atoms with Gasteiger partial charge in [0, 0.05) is 32.6 Å². The smallest absolute Gasteiger partial charge is 0.159 e. The maximum Gasteiger partial charge on any atom is 0.159 e. The van der Waals surface area contributed by atoms with Gasteiger partial charge in [-0.1, -0.05) is 67.3 Å². The third-order valence-corrected chi connectivity index (χ3v) is 4.83. The van der Waals surface area contributed by atoms with E-state index in [4.69, 9.17) is 5.11 Å². The molecule has 0 unspecified atom stereocenters. The third-order valence-electron chi connectivity index (χ3n) is 4.83. The normalized spacial score (nSPS) is 10.5. The van der Waals surface area contributed by atoms with Crippen LogP contribution in [0.15, 0.2) is 103 Å². The number of aromatic nitrogens is 1. The number of carbonyl (C=O) groups excluding carboxylic acids is 1. The molecule has 0 bridgehead atoms. The molecule has 4 aromatic rings. The topological polar surface area (TPSA) is 50.2 Å². The first-order valence-electron chi connectivity index (χ1n) is 10.5. The number of allylic oxidation sites excluding steroid dienone is 2. The van der Waals surface area contributed by atoms with Crippen LogP contribution in [0.3, 0.4) is 0 Å². The molecule has 3 nitrogen and oxygen atoms in total. The first-order valence-corrected chi connectivity index (χ1v) is 10.5. The number of para-hydroxylation sites is 1. The quantitative estimate of drug-likeness (QED) is 0.145. The Morgan fingerprint density at radius 2 is 1.73 bits per heavy atom. The number of carbonyl (C=O) groups is 1. The van der Waals surface area contributed by atoms with E-state index < -0.39 is 0 Å². The van der Waals surface area contributed by atoms with Crippen molar-refractivity contribution >= 4 is 22.8 Å². The minimum atomic E-state index is -0.0483. The van der Waals surface area contributed by atoms with Crippen molar-refractivity contribution in [2.45, 2.75) is 19.8 Å². The van der Waals surface area contributed by atoms with Crippen molar-refractivity contribution in [2.24, 2.45) is 0 Å². The summed E-state index contributed by atoms with van der Waals surface area (Å²) in [5, 5.41) is 10.1. The number of aryl methyl sites for hydroxylation is 1. The summed E-state index contributed by atoms with van der Waals surface area (Å²) in [6.07, 6.45) is 4.16. The molecule has 1 aromatic heterocycles. The summed E-state index contributed by atoms with van der Waals surface area (Å²) in [4.78, 5) is 15.9. The zero-order valence-corrected chi connectivity index (χ0v) is 20.9. The second-order valence-electron chi connectivity index (χ2n) is 7.36. The predicted octanol–water partition coefficient (Wildman–Crippen LogP) is 6.99. The fourth-order valence-electron chi connectivity index (χ4n) is 3.16. The number of aliphatic hydroxyl groups is 1. The Balaban J connectivity index is 0.000000227. The minimum absolute atomic E-state index is 0. The number of nitrogens with zero attached hydrogens (tertiary/aromatic N) is 1. The maximum absolute atomic E-state index is 11.3. The van der Waals surface area contributed by atoms with E-state index in [-0.39, 0.29) is 31.6 Å². The van der Waals surface area contributed by atoms with Crippen LogP contribution in [0, 0.1) is 6.07 Å². The van der Waals surface area contributed by atoms with E-state index in [2.05, 4.69) is 29.8 Å². The van der Waals surface area contributed by atoms with Gasteiger partial charge in [-0.3, -0.25) is 9.78 Å². The molecule has 0 aliphatic heterocycles. The largest absolute Gasteiger partial charge is 0.512 e. The molecule has 0 spiro atoms. The Bertz CT molecular complexity index is 1210. The van der Waals surface area contributed by atoms with Gasteiger partial charge < -0.3 is 5.11 Å². The third kappa shape index (κ3) is 8.27. The summed E-state index contributed by atoms with van der Waals surface area (Å²) in [5.41, 5.74) is 5.22. The molecule has 4 heteroatoms. The molecule has 0 amide bonds. The second kappa shape index (κ2) is 13.3. The zero-order chi connectivity index (χ0) is 22.8. The number of aliphatic hydroxyl groups excluding tert-OH is 1. The average molecular weight is 613 g/mol. The van der Waals surface area contributed by atoms with Gasteiger partial charge in [-0.25, -0.2) is 0 Å². The van der Waals surface area contributed by atoms with Crippen molar-refractivity contribution in [1.29, 1.82) is 0 Å². The average Bonchev–Trinajstić information content (AvgIpc) is 2.83. The van der Waals surface area contributed by atoms with Crippen LogP contribution in [0.2, 0.25) is 0 Å².